The van der Waals surface area contributed by atoms with Crippen LogP contribution in [0.25, 0.3) is 6.08 Å². The van der Waals surface area contributed by atoms with Gasteiger partial charge < -0.3 is 4.90 Å². The highest BCUT2D eigenvalue weighted by molar-refractivity contribution is 7.92. The Hall–Kier alpha value is -1.66. The Bertz CT molecular complexity index is 590. The van der Waals surface area contributed by atoms with Crippen LogP contribution in [0.15, 0.2) is 35.7 Å². The molecule has 0 saturated carbocycles. The number of amides is 1. The lowest BCUT2D eigenvalue weighted by Crippen LogP contribution is -2.53. The molecule has 0 saturated heterocycles. The van der Waals surface area contributed by atoms with Crippen LogP contribution in [0.5, 0.6) is 0 Å². The summed E-state index contributed by atoms with van der Waals surface area (Å²) in [5.41, 5.74) is -0.418. The van der Waals surface area contributed by atoms with E-state index in [1.165, 1.54) is 24.8 Å². The van der Waals surface area contributed by atoms with E-state index in [9.17, 15) is 13.2 Å². The maximum atomic E-state index is 12.0. The molecule has 0 aliphatic heterocycles. The molecule has 110 valence electrons. The fourth-order valence-corrected chi connectivity index (χ4v) is 2.93. The minimum Gasteiger partial charge on any atom is -0.347 e. The summed E-state index contributed by atoms with van der Waals surface area (Å²) >= 11 is 0. The van der Waals surface area contributed by atoms with Crippen molar-refractivity contribution >= 4 is 22.0 Å². The first-order chi connectivity index (χ1) is 9.14. The first kappa shape index (κ1) is 16.4. The van der Waals surface area contributed by atoms with Crippen molar-refractivity contribution in [3.63, 3.8) is 0 Å². The quantitative estimate of drug-likeness (QED) is 0.894. The van der Waals surface area contributed by atoms with E-state index in [2.05, 4.69) is 4.72 Å². The lowest BCUT2D eigenvalue weighted by atomic mass is 10.1. The van der Waals surface area contributed by atoms with Gasteiger partial charge in [0.05, 0.1) is 0 Å². The molecule has 0 spiro atoms. The lowest BCUT2D eigenvalue weighted by Gasteiger charge is -2.27. The molecule has 1 aromatic carbocycles. The van der Waals surface area contributed by atoms with Crippen LogP contribution in [0.4, 0.5) is 0 Å². The van der Waals surface area contributed by atoms with Crippen molar-refractivity contribution in [2.75, 3.05) is 14.1 Å². The first-order valence-electron chi connectivity index (χ1n) is 6.13. The SMILES string of the molecule is CN(C)C(=O)C(C)(C)NS(=O)(=O)/C=C/c1ccccc1. The molecule has 0 unspecified atom stereocenters. The molecule has 0 bridgehead atoms. The summed E-state index contributed by atoms with van der Waals surface area (Å²) in [6, 6.07) is 9.08. The first-order valence-corrected chi connectivity index (χ1v) is 7.67. The van der Waals surface area contributed by atoms with Crippen molar-refractivity contribution in [2.45, 2.75) is 19.4 Å². The van der Waals surface area contributed by atoms with Crippen molar-refractivity contribution in [1.29, 1.82) is 0 Å². The van der Waals surface area contributed by atoms with Crippen molar-refractivity contribution in [1.82, 2.24) is 9.62 Å². The molecule has 1 rings (SSSR count). The zero-order chi connectivity index (χ0) is 15.4. The Labute approximate surface area is 120 Å². The van der Waals surface area contributed by atoms with Crippen molar-refractivity contribution in [2.24, 2.45) is 0 Å². The van der Waals surface area contributed by atoms with Crippen LogP contribution in [0, 0.1) is 0 Å². The van der Waals surface area contributed by atoms with E-state index >= 15 is 0 Å². The largest absolute Gasteiger partial charge is 0.347 e. The molecule has 0 atom stereocenters. The molecular weight excluding hydrogens is 276 g/mol. The molecule has 1 N–H and O–H groups in total. The minimum absolute atomic E-state index is 0.311. The predicted molar refractivity (Wildman–Crippen MR) is 80.3 cm³/mol. The van der Waals surface area contributed by atoms with E-state index < -0.39 is 15.6 Å². The van der Waals surface area contributed by atoms with E-state index in [4.69, 9.17) is 0 Å². The molecule has 0 aromatic heterocycles. The molecule has 0 heterocycles. The van der Waals surface area contributed by atoms with Gasteiger partial charge in [0.1, 0.15) is 5.54 Å². The van der Waals surface area contributed by atoms with Gasteiger partial charge in [0.25, 0.3) is 0 Å². The highest BCUT2D eigenvalue weighted by atomic mass is 32.2. The summed E-state index contributed by atoms with van der Waals surface area (Å²) in [4.78, 5) is 13.2. The molecule has 1 aromatic rings. The zero-order valence-corrected chi connectivity index (χ0v) is 12.9. The molecular formula is C14H20N2O3S. The van der Waals surface area contributed by atoms with Crippen LogP contribution in [0.2, 0.25) is 0 Å². The maximum Gasteiger partial charge on any atom is 0.242 e. The Balaban J connectivity index is 2.86. The van der Waals surface area contributed by atoms with E-state index in [0.717, 1.165) is 11.0 Å². The van der Waals surface area contributed by atoms with Gasteiger partial charge in [-0.05, 0) is 25.5 Å². The monoisotopic (exact) mass is 296 g/mol. The second-order valence-electron chi connectivity index (χ2n) is 5.19. The second-order valence-corrected chi connectivity index (χ2v) is 6.75. The topological polar surface area (TPSA) is 66.5 Å². The fraction of sp³-hybridized carbons (Fsp3) is 0.357. The van der Waals surface area contributed by atoms with Crippen molar-refractivity contribution in [3.05, 3.63) is 41.3 Å². The van der Waals surface area contributed by atoms with Gasteiger partial charge >= 0.3 is 0 Å². The van der Waals surface area contributed by atoms with Gasteiger partial charge in [-0.2, -0.15) is 4.72 Å². The second kappa shape index (κ2) is 6.19. The third-order valence-corrected chi connectivity index (χ3v) is 3.87. The number of nitrogens with zero attached hydrogens (tertiary/aromatic N) is 1. The van der Waals surface area contributed by atoms with Crippen LogP contribution in [0.3, 0.4) is 0 Å². The van der Waals surface area contributed by atoms with Gasteiger partial charge in [-0.15, -0.1) is 0 Å². The fourth-order valence-electron chi connectivity index (χ4n) is 1.72. The van der Waals surface area contributed by atoms with Gasteiger partial charge in [-0.3, -0.25) is 4.79 Å². The van der Waals surface area contributed by atoms with Crippen LogP contribution >= 0.6 is 0 Å². The number of nitrogens with one attached hydrogen (secondary N) is 1. The predicted octanol–water partition coefficient (Wildman–Crippen LogP) is 1.44. The number of carbonyl (C=O) groups is 1. The Morgan fingerprint density at radius 3 is 2.25 bits per heavy atom. The molecule has 0 fully saturated rings. The number of hydrogen-bond acceptors (Lipinski definition) is 3. The molecule has 0 aliphatic carbocycles. The molecule has 0 aliphatic rings. The van der Waals surface area contributed by atoms with Gasteiger partial charge in [-0.25, -0.2) is 8.42 Å². The average molecular weight is 296 g/mol. The Morgan fingerprint density at radius 1 is 1.20 bits per heavy atom. The summed E-state index contributed by atoms with van der Waals surface area (Å²) in [6.07, 6.45) is 1.48. The summed E-state index contributed by atoms with van der Waals surface area (Å²) < 4.78 is 26.3. The van der Waals surface area contributed by atoms with E-state index in [1.54, 1.807) is 26.2 Å². The van der Waals surface area contributed by atoms with Crippen molar-refractivity contribution < 1.29 is 13.2 Å². The average Bonchev–Trinajstić information content (AvgIpc) is 2.35. The summed E-state index contributed by atoms with van der Waals surface area (Å²) in [6.45, 7) is 3.06. The highest BCUT2D eigenvalue weighted by Crippen LogP contribution is 2.10. The molecule has 20 heavy (non-hydrogen) atoms. The number of benzene rings is 1. The zero-order valence-electron chi connectivity index (χ0n) is 12.1. The maximum absolute atomic E-state index is 12.0. The van der Waals surface area contributed by atoms with E-state index in [1.807, 2.05) is 18.2 Å². The lowest BCUT2D eigenvalue weighted by molar-refractivity contribution is -0.133. The number of likely N-dealkylation sites (N-methyl/N-ethyl adjacent to an activating group) is 1. The molecule has 1 amide bonds. The normalized spacial score (nSPS) is 12.6. The minimum atomic E-state index is -3.69. The Morgan fingerprint density at radius 2 is 1.75 bits per heavy atom. The van der Waals surface area contributed by atoms with Gasteiger partial charge in [0.2, 0.25) is 15.9 Å². The summed E-state index contributed by atoms with van der Waals surface area (Å²) in [5.74, 6) is -0.311. The van der Waals surface area contributed by atoms with Gasteiger partial charge in [0, 0.05) is 19.5 Å². The number of hydrogen-bond donors (Lipinski definition) is 1. The summed E-state index contributed by atoms with van der Waals surface area (Å²) in [5, 5.41) is 1.06. The summed E-state index contributed by atoms with van der Waals surface area (Å²) in [7, 11) is -0.531. The van der Waals surface area contributed by atoms with E-state index in [-0.39, 0.29) is 5.91 Å². The number of rotatable bonds is 5. The van der Waals surface area contributed by atoms with Crippen LogP contribution in [-0.2, 0) is 14.8 Å². The molecule has 6 heteroatoms. The van der Waals surface area contributed by atoms with Gasteiger partial charge in [0.15, 0.2) is 0 Å². The Kier molecular flexibility index (Phi) is 5.08. The van der Waals surface area contributed by atoms with Gasteiger partial charge in [-0.1, -0.05) is 30.3 Å². The van der Waals surface area contributed by atoms with E-state index in [0.29, 0.717) is 0 Å². The highest BCUT2D eigenvalue weighted by Gasteiger charge is 2.32. The third-order valence-electron chi connectivity index (χ3n) is 2.58. The van der Waals surface area contributed by atoms with Crippen LogP contribution in [-0.4, -0.2) is 38.9 Å². The smallest absolute Gasteiger partial charge is 0.242 e. The van der Waals surface area contributed by atoms with Crippen LogP contribution in [0.1, 0.15) is 19.4 Å². The van der Waals surface area contributed by atoms with Crippen molar-refractivity contribution in [3.8, 4) is 0 Å². The van der Waals surface area contributed by atoms with Crippen LogP contribution < -0.4 is 4.72 Å². The standard InChI is InChI=1S/C14H20N2O3S/c1-14(2,13(17)16(3)4)15-20(18,19)11-10-12-8-6-5-7-9-12/h5-11,15H,1-4H3/b11-10+. The number of sulfonamides is 1. The third kappa shape index (κ3) is 4.79. The number of carbonyl (C=O) groups excluding carboxylic acids is 1. The molecule has 0 radical (unpaired) electrons. The molecule has 5 nitrogen and oxygen atoms in total.